The molecule has 80 valence electrons. The van der Waals surface area contributed by atoms with E-state index in [2.05, 4.69) is 11.1 Å². The van der Waals surface area contributed by atoms with Crippen LogP contribution in [0.3, 0.4) is 0 Å². The summed E-state index contributed by atoms with van der Waals surface area (Å²) < 4.78 is 1.87. The lowest BCUT2D eigenvalue weighted by molar-refractivity contribution is 0.106. The molecule has 0 unspecified atom stereocenters. The minimum Gasteiger partial charge on any atom is -0.306 e. The van der Waals surface area contributed by atoms with Crippen LogP contribution in [0.4, 0.5) is 0 Å². The Labute approximate surface area is 92.4 Å². The number of pyridine rings is 1. The first-order valence-electron chi connectivity index (χ1n) is 5.31. The fraction of sp³-hybridized carbons (Fsp3) is 0.250. The Hall–Kier alpha value is -1.97. The molecule has 1 N–H and O–H groups in total. The second kappa shape index (κ2) is 3.27. The van der Waals surface area contributed by atoms with Crippen molar-refractivity contribution in [3.05, 3.63) is 35.8 Å². The number of aromatic nitrogens is 2. The molecule has 0 radical (unpaired) electrons. The van der Waals surface area contributed by atoms with E-state index in [0.717, 1.165) is 11.9 Å². The summed E-state index contributed by atoms with van der Waals surface area (Å²) in [6.07, 6.45) is 7.03. The number of carbonyl (C=O) groups is 1. The summed E-state index contributed by atoms with van der Waals surface area (Å²) in [6.45, 7) is 0. The minimum absolute atomic E-state index is 0.336. The summed E-state index contributed by atoms with van der Waals surface area (Å²) in [4.78, 5) is 15.5. The molecule has 0 spiro atoms. The monoisotopic (exact) mass is 213 g/mol. The van der Waals surface area contributed by atoms with Gasteiger partial charge in [-0.05, 0) is 30.4 Å². The van der Waals surface area contributed by atoms with Gasteiger partial charge in [0.2, 0.25) is 5.78 Å². The Bertz CT molecular complexity index is 581. The molecular weight excluding hydrogens is 202 g/mol. The molecule has 2 aromatic rings. The molecule has 0 amide bonds. The molecule has 4 nitrogen and oxygen atoms in total. The third-order valence-corrected chi connectivity index (χ3v) is 2.91. The normalized spacial score (nSPS) is 15.2. The summed E-state index contributed by atoms with van der Waals surface area (Å²) in [5.74, 6) is 0.338. The lowest BCUT2D eigenvalue weighted by atomic mass is 10.2. The molecule has 0 saturated heterocycles. The molecule has 16 heavy (non-hydrogen) atoms. The molecule has 1 aliphatic rings. The highest BCUT2D eigenvalue weighted by atomic mass is 16.1. The van der Waals surface area contributed by atoms with Crippen LogP contribution in [0.2, 0.25) is 0 Å². The van der Waals surface area contributed by atoms with Crippen molar-refractivity contribution in [1.82, 2.24) is 9.38 Å². The Morgan fingerprint density at radius 2 is 2.25 bits per heavy atom. The molecule has 0 bridgehead atoms. The van der Waals surface area contributed by atoms with Gasteiger partial charge in [0.05, 0.1) is 6.21 Å². The number of nitrogens with one attached hydrogen (secondary N) is 1. The van der Waals surface area contributed by atoms with Gasteiger partial charge in [0.15, 0.2) is 0 Å². The van der Waals surface area contributed by atoms with Crippen molar-refractivity contribution in [2.45, 2.75) is 18.8 Å². The smallest absolute Gasteiger partial charge is 0.223 e. The van der Waals surface area contributed by atoms with Gasteiger partial charge in [-0.2, -0.15) is 0 Å². The highest BCUT2D eigenvalue weighted by Crippen LogP contribution is 2.39. The van der Waals surface area contributed by atoms with Gasteiger partial charge in [0, 0.05) is 12.4 Å². The molecule has 0 atom stereocenters. The molecule has 1 fully saturated rings. The maximum Gasteiger partial charge on any atom is 0.223 e. The number of Topliss-reactive ketones (excluding diaryl/α,β-unsaturated/α-hetero) is 1. The SMILES string of the molecule is N=CC(=O)c1cn2cc(C3CC3)ccc2n1. The van der Waals surface area contributed by atoms with E-state index >= 15 is 0 Å². The van der Waals surface area contributed by atoms with Crippen molar-refractivity contribution in [1.29, 1.82) is 5.41 Å². The lowest BCUT2D eigenvalue weighted by Gasteiger charge is -1.98. The number of hydrogen-bond donors (Lipinski definition) is 1. The van der Waals surface area contributed by atoms with Gasteiger partial charge >= 0.3 is 0 Å². The van der Waals surface area contributed by atoms with Gasteiger partial charge in [-0.15, -0.1) is 0 Å². The van der Waals surface area contributed by atoms with E-state index in [-0.39, 0.29) is 5.78 Å². The molecule has 2 aromatic heterocycles. The highest BCUT2D eigenvalue weighted by Gasteiger charge is 2.23. The van der Waals surface area contributed by atoms with Gasteiger partial charge in [0.1, 0.15) is 11.3 Å². The summed E-state index contributed by atoms with van der Waals surface area (Å²) in [7, 11) is 0. The van der Waals surface area contributed by atoms with Crippen molar-refractivity contribution in [2.24, 2.45) is 0 Å². The van der Waals surface area contributed by atoms with Gasteiger partial charge < -0.3 is 9.81 Å². The lowest BCUT2D eigenvalue weighted by Crippen LogP contribution is -1.98. The minimum atomic E-state index is -0.350. The van der Waals surface area contributed by atoms with Crippen molar-refractivity contribution in [3.8, 4) is 0 Å². The molecule has 4 heteroatoms. The standard InChI is InChI=1S/C12H11N3O/c13-5-11(16)10-7-15-6-9(8-1-2-8)3-4-12(15)14-10/h3-8,13H,1-2H2. The second-order valence-corrected chi connectivity index (χ2v) is 4.14. The molecular formula is C12H11N3O. The quantitative estimate of drug-likeness (QED) is 0.626. The number of nitrogens with zero attached hydrogens (tertiary/aromatic N) is 2. The zero-order valence-electron chi connectivity index (χ0n) is 8.68. The van der Waals surface area contributed by atoms with E-state index < -0.39 is 0 Å². The van der Waals surface area contributed by atoms with Crippen LogP contribution in [0.15, 0.2) is 24.5 Å². The summed E-state index contributed by atoms with van der Waals surface area (Å²) in [5.41, 5.74) is 2.40. The van der Waals surface area contributed by atoms with Crippen LogP contribution in [-0.2, 0) is 0 Å². The van der Waals surface area contributed by atoms with Crippen molar-refractivity contribution in [2.75, 3.05) is 0 Å². The molecule has 1 aliphatic carbocycles. The number of hydrogen-bond acceptors (Lipinski definition) is 3. The molecule has 2 heterocycles. The molecule has 0 aliphatic heterocycles. The van der Waals surface area contributed by atoms with Crippen molar-refractivity contribution >= 4 is 17.6 Å². The van der Waals surface area contributed by atoms with Gasteiger partial charge in [-0.3, -0.25) is 4.79 Å². The van der Waals surface area contributed by atoms with E-state index in [1.54, 1.807) is 6.20 Å². The molecule has 1 saturated carbocycles. The summed E-state index contributed by atoms with van der Waals surface area (Å²) in [5, 5.41) is 6.92. The first-order chi connectivity index (χ1) is 7.78. The second-order valence-electron chi connectivity index (χ2n) is 4.14. The van der Waals surface area contributed by atoms with E-state index in [1.165, 1.54) is 18.4 Å². The zero-order chi connectivity index (χ0) is 11.1. The zero-order valence-corrected chi connectivity index (χ0v) is 8.68. The predicted molar refractivity (Wildman–Crippen MR) is 60.3 cm³/mol. The van der Waals surface area contributed by atoms with Crippen LogP contribution in [0.25, 0.3) is 5.65 Å². The Morgan fingerprint density at radius 1 is 1.44 bits per heavy atom. The molecule has 3 rings (SSSR count). The van der Waals surface area contributed by atoms with Crippen molar-refractivity contribution < 1.29 is 4.79 Å². The van der Waals surface area contributed by atoms with Gasteiger partial charge in [0.25, 0.3) is 0 Å². The number of rotatable bonds is 3. The van der Waals surface area contributed by atoms with E-state index in [0.29, 0.717) is 11.6 Å². The van der Waals surface area contributed by atoms with Crippen LogP contribution >= 0.6 is 0 Å². The number of carbonyl (C=O) groups excluding carboxylic acids is 1. The van der Waals surface area contributed by atoms with Crippen LogP contribution in [0.1, 0.15) is 34.8 Å². The summed E-state index contributed by atoms with van der Waals surface area (Å²) >= 11 is 0. The third kappa shape index (κ3) is 1.43. The summed E-state index contributed by atoms with van der Waals surface area (Å²) in [6, 6.07) is 3.99. The average molecular weight is 213 g/mol. The fourth-order valence-corrected chi connectivity index (χ4v) is 1.86. The van der Waals surface area contributed by atoms with Crippen LogP contribution in [0.5, 0.6) is 0 Å². The number of imidazole rings is 1. The largest absolute Gasteiger partial charge is 0.306 e. The topological polar surface area (TPSA) is 58.2 Å². The highest BCUT2D eigenvalue weighted by molar-refractivity contribution is 6.33. The maximum absolute atomic E-state index is 11.3. The Kier molecular flexibility index (Phi) is 1.89. The number of fused-ring (bicyclic) bond motifs is 1. The van der Waals surface area contributed by atoms with Gasteiger partial charge in [-0.25, -0.2) is 4.98 Å². The Balaban J connectivity index is 2.09. The van der Waals surface area contributed by atoms with Crippen LogP contribution < -0.4 is 0 Å². The maximum atomic E-state index is 11.3. The Morgan fingerprint density at radius 3 is 2.94 bits per heavy atom. The average Bonchev–Trinajstić information content (AvgIpc) is 3.07. The molecule has 0 aromatic carbocycles. The fourth-order valence-electron chi connectivity index (χ4n) is 1.86. The van der Waals surface area contributed by atoms with E-state index in [4.69, 9.17) is 5.41 Å². The van der Waals surface area contributed by atoms with E-state index in [1.807, 2.05) is 16.7 Å². The van der Waals surface area contributed by atoms with Crippen LogP contribution in [0, 0.1) is 5.41 Å². The van der Waals surface area contributed by atoms with Crippen molar-refractivity contribution in [3.63, 3.8) is 0 Å². The third-order valence-electron chi connectivity index (χ3n) is 2.91. The van der Waals surface area contributed by atoms with Gasteiger partial charge in [-0.1, -0.05) is 6.07 Å². The predicted octanol–water partition coefficient (Wildman–Crippen LogP) is 2.04. The number of ketones is 1. The first-order valence-corrected chi connectivity index (χ1v) is 5.31. The van der Waals surface area contributed by atoms with E-state index in [9.17, 15) is 4.79 Å². The van der Waals surface area contributed by atoms with Crippen LogP contribution in [-0.4, -0.2) is 21.4 Å². The first kappa shape index (κ1) is 9.27.